The van der Waals surface area contributed by atoms with Crippen molar-refractivity contribution in [2.45, 2.75) is 0 Å². The molecule has 0 aliphatic carbocycles. The van der Waals surface area contributed by atoms with Crippen LogP contribution in [0.2, 0.25) is 5.02 Å². The zero-order chi connectivity index (χ0) is 13.4. The lowest BCUT2D eigenvalue weighted by Crippen LogP contribution is -1.99. The third-order valence-electron chi connectivity index (χ3n) is 2.39. The molecule has 0 amide bonds. The zero-order valence-corrected chi connectivity index (χ0v) is 10.1. The van der Waals surface area contributed by atoms with E-state index in [1.807, 2.05) is 0 Å². The van der Waals surface area contributed by atoms with Crippen LogP contribution in [0.4, 0.5) is 10.3 Å². The first-order valence-electron chi connectivity index (χ1n) is 5.23. The first kappa shape index (κ1) is 11.7. The number of hydrogen-bond acceptors (Lipinski definition) is 5. The van der Waals surface area contributed by atoms with E-state index in [1.54, 1.807) is 6.07 Å². The standard InChI is InChI=1S/C11H7ClFN5O/c12-5-2-1-3-6(7(5)13)19-10-8-9(16-4-15-8)17-11(14)18-10/h1-4H,(H3,14,15,16,17,18). The van der Waals surface area contributed by atoms with Gasteiger partial charge in [0.05, 0.1) is 11.3 Å². The Kier molecular flexibility index (Phi) is 2.68. The molecule has 0 spiro atoms. The van der Waals surface area contributed by atoms with Crippen LogP contribution in [0.1, 0.15) is 0 Å². The van der Waals surface area contributed by atoms with Crippen molar-refractivity contribution in [3.8, 4) is 11.6 Å². The number of nitrogen functional groups attached to an aromatic ring is 1. The number of fused-ring (bicyclic) bond motifs is 1. The highest BCUT2D eigenvalue weighted by Gasteiger charge is 2.14. The number of aromatic nitrogens is 4. The number of nitrogens with zero attached hydrogens (tertiary/aromatic N) is 3. The minimum Gasteiger partial charge on any atom is -0.434 e. The maximum Gasteiger partial charge on any atom is 0.250 e. The highest BCUT2D eigenvalue weighted by Crippen LogP contribution is 2.30. The molecule has 0 aliphatic rings. The summed E-state index contributed by atoms with van der Waals surface area (Å²) in [7, 11) is 0. The molecular formula is C11H7ClFN5O. The third-order valence-corrected chi connectivity index (χ3v) is 2.68. The number of anilines is 1. The number of aromatic amines is 1. The number of halogens is 2. The molecule has 2 heterocycles. The number of benzene rings is 1. The van der Waals surface area contributed by atoms with Crippen LogP contribution in [0.3, 0.4) is 0 Å². The van der Waals surface area contributed by atoms with Crippen LogP contribution >= 0.6 is 11.6 Å². The van der Waals surface area contributed by atoms with Gasteiger partial charge >= 0.3 is 0 Å². The molecule has 0 radical (unpaired) electrons. The lowest BCUT2D eigenvalue weighted by Gasteiger charge is -2.07. The van der Waals surface area contributed by atoms with Crippen LogP contribution in [-0.2, 0) is 0 Å². The Morgan fingerprint density at radius 3 is 3.00 bits per heavy atom. The molecule has 0 fully saturated rings. The molecule has 3 rings (SSSR count). The van der Waals surface area contributed by atoms with Gasteiger partial charge < -0.3 is 15.5 Å². The fraction of sp³-hybridized carbons (Fsp3) is 0. The number of ether oxygens (including phenoxy) is 1. The Morgan fingerprint density at radius 1 is 1.32 bits per heavy atom. The van der Waals surface area contributed by atoms with Gasteiger partial charge in [-0.15, -0.1) is 0 Å². The third kappa shape index (κ3) is 2.04. The molecule has 96 valence electrons. The Morgan fingerprint density at radius 2 is 2.16 bits per heavy atom. The molecule has 6 nitrogen and oxygen atoms in total. The van der Waals surface area contributed by atoms with E-state index in [4.69, 9.17) is 22.1 Å². The second kappa shape index (κ2) is 4.36. The van der Waals surface area contributed by atoms with E-state index >= 15 is 0 Å². The van der Waals surface area contributed by atoms with Gasteiger partial charge in [0.15, 0.2) is 17.2 Å². The smallest absolute Gasteiger partial charge is 0.250 e. The van der Waals surface area contributed by atoms with Crippen molar-refractivity contribution in [1.29, 1.82) is 0 Å². The summed E-state index contributed by atoms with van der Waals surface area (Å²) >= 11 is 5.68. The van der Waals surface area contributed by atoms with Crippen LogP contribution in [0.5, 0.6) is 11.6 Å². The number of hydrogen-bond donors (Lipinski definition) is 2. The van der Waals surface area contributed by atoms with E-state index < -0.39 is 5.82 Å². The summed E-state index contributed by atoms with van der Waals surface area (Å²) in [6.45, 7) is 0. The SMILES string of the molecule is Nc1nc(Oc2cccc(Cl)c2F)c2[nH]cnc2n1. The number of nitrogens with two attached hydrogens (primary N) is 1. The second-order valence-corrected chi connectivity index (χ2v) is 4.05. The van der Waals surface area contributed by atoms with Crippen LogP contribution in [0.25, 0.3) is 11.2 Å². The van der Waals surface area contributed by atoms with E-state index in [9.17, 15) is 4.39 Å². The van der Waals surface area contributed by atoms with E-state index in [-0.39, 0.29) is 22.6 Å². The second-order valence-electron chi connectivity index (χ2n) is 3.64. The van der Waals surface area contributed by atoms with E-state index in [2.05, 4.69) is 19.9 Å². The number of H-pyrrole nitrogens is 1. The Hall–Kier alpha value is -2.41. The van der Waals surface area contributed by atoms with Crippen LogP contribution in [-0.4, -0.2) is 19.9 Å². The first-order valence-corrected chi connectivity index (χ1v) is 5.61. The van der Waals surface area contributed by atoms with E-state index in [1.165, 1.54) is 18.5 Å². The summed E-state index contributed by atoms with van der Waals surface area (Å²) in [6.07, 6.45) is 1.42. The Labute approximate surface area is 111 Å². The van der Waals surface area contributed by atoms with Crippen molar-refractivity contribution in [2.24, 2.45) is 0 Å². The number of rotatable bonds is 2. The summed E-state index contributed by atoms with van der Waals surface area (Å²) in [6, 6.07) is 4.42. The fourth-order valence-corrected chi connectivity index (χ4v) is 1.73. The van der Waals surface area contributed by atoms with Crippen molar-refractivity contribution >= 4 is 28.7 Å². The summed E-state index contributed by atoms with van der Waals surface area (Å²) in [4.78, 5) is 14.5. The molecule has 3 aromatic rings. The fourth-order valence-electron chi connectivity index (χ4n) is 1.56. The van der Waals surface area contributed by atoms with Gasteiger partial charge in [0.25, 0.3) is 5.88 Å². The minimum absolute atomic E-state index is 0.0166. The van der Waals surface area contributed by atoms with Gasteiger partial charge in [0, 0.05) is 0 Å². The Bertz CT molecular complexity index is 760. The van der Waals surface area contributed by atoms with Gasteiger partial charge in [0.2, 0.25) is 5.95 Å². The summed E-state index contributed by atoms with van der Waals surface area (Å²) < 4.78 is 19.1. The molecule has 0 saturated carbocycles. The quantitative estimate of drug-likeness (QED) is 0.752. The Balaban J connectivity index is 2.10. The molecule has 3 N–H and O–H groups in total. The largest absolute Gasteiger partial charge is 0.434 e. The average molecular weight is 280 g/mol. The van der Waals surface area contributed by atoms with Crippen LogP contribution in [0.15, 0.2) is 24.5 Å². The summed E-state index contributed by atoms with van der Waals surface area (Å²) in [5.41, 5.74) is 6.29. The summed E-state index contributed by atoms with van der Waals surface area (Å²) in [5.74, 6) is -0.659. The van der Waals surface area contributed by atoms with Gasteiger partial charge in [-0.2, -0.15) is 9.97 Å². The van der Waals surface area contributed by atoms with E-state index in [0.29, 0.717) is 11.2 Å². The highest BCUT2D eigenvalue weighted by atomic mass is 35.5. The van der Waals surface area contributed by atoms with Gasteiger partial charge in [-0.3, -0.25) is 0 Å². The summed E-state index contributed by atoms with van der Waals surface area (Å²) in [5, 5.41) is -0.0413. The van der Waals surface area contributed by atoms with E-state index in [0.717, 1.165) is 0 Å². The zero-order valence-electron chi connectivity index (χ0n) is 9.39. The number of nitrogens with one attached hydrogen (secondary N) is 1. The minimum atomic E-state index is -0.672. The molecule has 2 aromatic heterocycles. The molecule has 8 heteroatoms. The molecule has 19 heavy (non-hydrogen) atoms. The van der Waals surface area contributed by atoms with Crippen molar-refractivity contribution in [2.75, 3.05) is 5.73 Å². The molecule has 1 aromatic carbocycles. The number of imidazole rings is 1. The molecule has 0 saturated heterocycles. The predicted octanol–water partition coefficient (Wildman–Crippen LogP) is 2.52. The molecule has 0 atom stereocenters. The topological polar surface area (TPSA) is 89.7 Å². The highest BCUT2D eigenvalue weighted by molar-refractivity contribution is 6.30. The maximum atomic E-state index is 13.8. The van der Waals surface area contributed by atoms with Crippen LogP contribution < -0.4 is 10.5 Å². The van der Waals surface area contributed by atoms with Gasteiger partial charge in [-0.05, 0) is 12.1 Å². The van der Waals surface area contributed by atoms with Crippen molar-refractivity contribution in [3.63, 3.8) is 0 Å². The van der Waals surface area contributed by atoms with Crippen molar-refractivity contribution in [1.82, 2.24) is 19.9 Å². The first-order chi connectivity index (χ1) is 9.15. The van der Waals surface area contributed by atoms with Gasteiger partial charge in [0.1, 0.15) is 5.52 Å². The van der Waals surface area contributed by atoms with Crippen LogP contribution in [0, 0.1) is 5.82 Å². The predicted molar refractivity (Wildman–Crippen MR) is 67.6 cm³/mol. The maximum absolute atomic E-state index is 13.8. The molecular weight excluding hydrogens is 273 g/mol. The van der Waals surface area contributed by atoms with Crippen molar-refractivity contribution < 1.29 is 9.13 Å². The lowest BCUT2D eigenvalue weighted by atomic mass is 10.3. The monoisotopic (exact) mass is 279 g/mol. The lowest BCUT2D eigenvalue weighted by molar-refractivity contribution is 0.432. The molecule has 0 bridgehead atoms. The average Bonchev–Trinajstić information content (AvgIpc) is 2.83. The molecule has 0 aliphatic heterocycles. The normalized spacial score (nSPS) is 10.8. The van der Waals surface area contributed by atoms with Crippen molar-refractivity contribution in [3.05, 3.63) is 35.4 Å². The molecule has 0 unspecified atom stereocenters. The van der Waals surface area contributed by atoms with Gasteiger partial charge in [-0.1, -0.05) is 17.7 Å². The van der Waals surface area contributed by atoms with Gasteiger partial charge in [-0.25, -0.2) is 9.37 Å².